The first-order valence-electron chi connectivity index (χ1n) is 8.50. The molecular formula is C21H17F2NO3S. The van der Waals surface area contributed by atoms with Crippen molar-refractivity contribution in [3.63, 3.8) is 0 Å². The maximum atomic E-state index is 13.4. The van der Waals surface area contributed by atoms with Gasteiger partial charge in [0.1, 0.15) is 22.2 Å². The summed E-state index contributed by atoms with van der Waals surface area (Å²) in [6.07, 6.45) is -0.361. The predicted octanol–water partition coefficient (Wildman–Crippen LogP) is 5.51. The molecule has 0 saturated carbocycles. The Balaban J connectivity index is 1.99. The molecule has 28 heavy (non-hydrogen) atoms. The van der Waals surface area contributed by atoms with Crippen LogP contribution in [0.2, 0.25) is 0 Å². The fourth-order valence-corrected chi connectivity index (χ4v) is 3.52. The molecule has 0 fully saturated rings. The summed E-state index contributed by atoms with van der Waals surface area (Å²) in [4.78, 5) is 25.2. The van der Waals surface area contributed by atoms with Crippen LogP contribution < -0.4 is 5.32 Å². The first-order valence-corrected chi connectivity index (χ1v) is 9.38. The molecule has 1 amide bonds. The summed E-state index contributed by atoms with van der Waals surface area (Å²) in [6.45, 7) is 3.43. The lowest BCUT2D eigenvalue weighted by Crippen LogP contribution is -2.17. The van der Waals surface area contributed by atoms with Gasteiger partial charge in [-0.1, -0.05) is 18.2 Å². The third-order valence-corrected chi connectivity index (χ3v) is 4.70. The number of hydrogen-bond acceptors (Lipinski definition) is 4. The molecule has 0 radical (unpaired) electrons. The van der Waals surface area contributed by atoms with Crippen molar-refractivity contribution in [1.29, 1.82) is 0 Å². The summed E-state index contributed by atoms with van der Waals surface area (Å²) in [6, 6.07) is 10.9. The van der Waals surface area contributed by atoms with Gasteiger partial charge in [-0.3, -0.25) is 4.79 Å². The van der Waals surface area contributed by atoms with Gasteiger partial charge >= 0.3 is 5.97 Å². The Kier molecular flexibility index (Phi) is 5.84. The number of thiophene rings is 1. The minimum atomic E-state index is -0.606. The monoisotopic (exact) mass is 401 g/mol. The van der Waals surface area contributed by atoms with Crippen LogP contribution >= 0.6 is 11.3 Å². The number of esters is 1. The molecule has 0 bridgehead atoms. The highest BCUT2D eigenvalue weighted by Crippen LogP contribution is 2.36. The summed E-state index contributed by atoms with van der Waals surface area (Å²) in [7, 11) is 0. The molecule has 1 aromatic heterocycles. The zero-order valence-electron chi connectivity index (χ0n) is 15.2. The quantitative estimate of drug-likeness (QED) is 0.574. The maximum Gasteiger partial charge on any atom is 0.342 e. The van der Waals surface area contributed by atoms with Crippen molar-refractivity contribution in [2.45, 2.75) is 20.0 Å². The Labute approximate surface area is 164 Å². The van der Waals surface area contributed by atoms with E-state index in [9.17, 15) is 18.4 Å². The Bertz CT molecular complexity index is 1010. The van der Waals surface area contributed by atoms with Crippen molar-refractivity contribution in [3.05, 3.63) is 76.7 Å². The van der Waals surface area contributed by atoms with E-state index < -0.39 is 23.5 Å². The van der Waals surface area contributed by atoms with Gasteiger partial charge in [-0.15, -0.1) is 11.3 Å². The zero-order valence-corrected chi connectivity index (χ0v) is 16.0. The Hall–Kier alpha value is -3.06. The van der Waals surface area contributed by atoms with Crippen LogP contribution in [-0.2, 0) is 4.74 Å². The summed E-state index contributed by atoms with van der Waals surface area (Å²) in [5.41, 5.74) is 1.43. The van der Waals surface area contributed by atoms with Gasteiger partial charge < -0.3 is 10.1 Å². The molecule has 0 saturated heterocycles. The van der Waals surface area contributed by atoms with Crippen LogP contribution in [0.1, 0.15) is 34.6 Å². The molecule has 1 N–H and O–H groups in total. The first-order chi connectivity index (χ1) is 13.3. The van der Waals surface area contributed by atoms with E-state index in [-0.39, 0.29) is 22.2 Å². The molecule has 0 unspecified atom stereocenters. The summed E-state index contributed by atoms with van der Waals surface area (Å²) < 4.78 is 32.0. The fraction of sp³-hybridized carbons (Fsp3) is 0.143. The molecule has 0 aliphatic carbocycles. The van der Waals surface area contributed by atoms with Crippen LogP contribution in [0.15, 0.2) is 53.9 Å². The largest absolute Gasteiger partial charge is 0.459 e. The van der Waals surface area contributed by atoms with E-state index in [0.717, 1.165) is 17.4 Å². The lowest BCUT2D eigenvalue weighted by Gasteiger charge is -2.12. The van der Waals surface area contributed by atoms with Crippen molar-refractivity contribution >= 4 is 28.2 Å². The lowest BCUT2D eigenvalue weighted by molar-refractivity contribution is 0.0380. The number of hydrogen-bond donors (Lipinski definition) is 1. The van der Waals surface area contributed by atoms with E-state index in [1.54, 1.807) is 31.4 Å². The lowest BCUT2D eigenvalue weighted by atomic mass is 10.0. The van der Waals surface area contributed by atoms with E-state index in [4.69, 9.17) is 4.74 Å². The van der Waals surface area contributed by atoms with Gasteiger partial charge in [-0.05, 0) is 49.7 Å². The summed E-state index contributed by atoms with van der Waals surface area (Å²) in [5.74, 6) is -2.09. The molecule has 7 heteroatoms. The molecule has 0 atom stereocenters. The Morgan fingerprint density at radius 1 is 1.04 bits per heavy atom. The number of carbonyl (C=O) groups excluding carboxylic acids is 2. The number of nitrogens with one attached hydrogen (secondary N) is 1. The Morgan fingerprint density at radius 2 is 1.75 bits per heavy atom. The van der Waals surface area contributed by atoms with Crippen molar-refractivity contribution in [1.82, 2.24) is 0 Å². The highest BCUT2D eigenvalue weighted by Gasteiger charge is 2.24. The predicted molar refractivity (Wildman–Crippen MR) is 105 cm³/mol. The van der Waals surface area contributed by atoms with Gasteiger partial charge in [0.2, 0.25) is 0 Å². The van der Waals surface area contributed by atoms with Crippen LogP contribution in [0, 0.1) is 11.6 Å². The molecule has 0 aliphatic heterocycles. The number of carbonyl (C=O) groups is 2. The van der Waals surface area contributed by atoms with E-state index in [0.29, 0.717) is 11.1 Å². The molecule has 0 aliphatic rings. The third kappa shape index (κ3) is 4.43. The minimum Gasteiger partial charge on any atom is -0.459 e. The molecule has 4 nitrogen and oxygen atoms in total. The molecule has 144 valence electrons. The van der Waals surface area contributed by atoms with Crippen molar-refractivity contribution < 1.29 is 23.1 Å². The average Bonchev–Trinajstić information content (AvgIpc) is 3.05. The highest BCUT2D eigenvalue weighted by molar-refractivity contribution is 7.15. The van der Waals surface area contributed by atoms with E-state index >= 15 is 0 Å². The topological polar surface area (TPSA) is 55.4 Å². The van der Waals surface area contributed by atoms with Gasteiger partial charge in [0, 0.05) is 16.5 Å². The summed E-state index contributed by atoms with van der Waals surface area (Å²) in [5, 5.41) is 4.61. The molecule has 3 aromatic rings. The van der Waals surface area contributed by atoms with Gasteiger partial charge in [-0.2, -0.15) is 0 Å². The van der Waals surface area contributed by atoms with E-state index in [1.165, 1.54) is 30.3 Å². The van der Waals surface area contributed by atoms with Crippen LogP contribution in [0.3, 0.4) is 0 Å². The van der Waals surface area contributed by atoms with E-state index in [1.807, 2.05) is 0 Å². The number of ether oxygens (including phenoxy) is 1. The second kappa shape index (κ2) is 8.31. The van der Waals surface area contributed by atoms with Crippen LogP contribution in [-0.4, -0.2) is 18.0 Å². The zero-order chi connectivity index (χ0) is 20.3. The number of rotatable bonds is 5. The Morgan fingerprint density at radius 3 is 2.39 bits per heavy atom. The maximum absolute atomic E-state index is 13.4. The van der Waals surface area contributed by atoms with Gasteiger partial charge in [0.05, 0.1) is 6.10 Å². The summed E-state index contributed by atoms with van der Waals surface area (Å²) >= 11 is 1.14. The third-order valence-electron chi connectivity index (χ3n) is 3.81. The standard InChI is InChI=1S/C21H17F2NO3S/c1-12(2)27-21(26)18-17(13-6-8-15(22)9-7-13)11-28-20(18)24-19(25)14-4-3-5-16(23)10-14/h3-12H,1-2H3,(H,24,25). The molecule has 2 aromatic carbocycles. The van der Waals surface area contributed by atoms with Gasteiger partial charge in [0.25, 0.3) is 5.91 Å². The second-order valence-electron chi connectivity index (χ2n) is 6.28. The van der Waals surface area contributed by atoms with Crippen molar-refractivity contribution in [3.8, 4) is 11.1 Å². The first kappa shape index (κ1) is 19.7. The minimum absolute atomic E-state index is 0.125. The average molecular weight is 401 g/mol. The molecular weight excluding hydrogens is 384 g/mol. The highest BCUT2D eigenvalue weighted by atomic mass is 32.1. The smallest absolute Gasteiger partial charge is 0.342 e. The van der Waals surface area contributed by atoms with Crippen LogP contribution in [0.5, 0.6) is 0 Å². The van der Waals surface area contributed by atoms with Gasteiger partial charge in [0.15, 0.2) is 0 Å². The van der Waals surface area contributed by atoms with Crippen LogP contribution in [0.25, 0.3) is 11.1 Å². The van der Waals surface area contributed by atoms with E-state index in [2.05, 4.69) is 5.32 Å². The SMILES string of the molecule is CC(C)OC(=O)c1c(-c2ccc(F)cc2)csc1NC(=O)c1cccc(F)c1. The van der Waals surface area contributed by atoms with Crippen molar-refractivity contribution in [2.24, 2.45) is 0 Å². The number of benzene rings is 2. The fourth-order valence-electron chi connectivity index (χ4n) is 2.57. The number of amides is 1. The second-order valence-corrected chi connectivity index (χ2v) is 7.16. The van der Waals surface area contributed by atoms with Gasteiger partial charge in [-0.25, -0.2) is 13.6 Å². The number of halogens is 2. The molecule has 1 heterocycles. The molecule has 3 rings (SSSR count). The van der Waals surface area contributed by atoms with Crippen molar-refractivity contribution in [2.75, 3.05) is 5.32 Å². The molecule has 0 spiro atoms. The number of anilines is 1. The normalized spacial score (nSPS) is 10.8. The van der Waals surface area contributed by atoms with Crippen LogP contribution in [0.4, 0.5) is 13.8 Å².